The fraction of sp³-hybridized carbons (Fsp3) is 0.938. The van der Waals surface area contributed by atoms with Crippen LogP contribution in [-0.2, 0) is 4.74 Å². The van der Waals surface area contributed by atoms with Crippen molar-refractivity contribution >= 4 is 5.96 Å². The Kier molecular flexibility index (Phi) is 7.30. The summed E-state index contributed by atoms with van der Waals surface area (Å²) in [5.41, 5.74) is 0. The Balaban J connectivity index is 1.51. The molecule has 0 aromatic heterocycles. The number of unbranched alkanes of at least 4 members (excludes halogenated alkanes) is 1. The van der Waals surface area contributed by atoms with E-state index in [9.17, 15) is 0 Å². The van der Waals surface area contributed by atoms with Gasteiger partial charge in [0.15, 0.2) is 5.96 Å². The zero-order chi connectivity index (χ0) is 14.9. The molecular weight excluding hydrogens is 264 g/mol. The summed E-state index contributed by atoms with van der Waals surface area (Å²) in [6.07, 6.45) is 6.40. The van der Waals surface area contributed by atoms with Crippen molar-refractivity contribution < 1.29 is 4.74 Å². The molecule has 21 heavy (non-hydrogen) atoms. The first-order chi connectivity index (χ1) is 10.3. The van der Waals surface area contributed by atoms with Crippen molar-refractivity contribution in [2.45, 2.75) is 45.1 Å². The van der Waals surface area contributed by atoms with Crippen LogP contribution >= 0.6 is 0 Å². The molecule has 1 saturated heterocycles. The van der Waals surface area contributed by atoms with Crippen molar-refractivity contribution in [1.82, 2.24) is 15.5 Å². The van der Waals surface area contributed by atoms with Gasteiger partial charge in [-0.25, -0.2) is 0 Å². The molecule has 1 unspecified atom stereocenters. The molecule has 0 spiro atoms. The van der Waals surface area contributed by atoms with Crippen LogP contribution in [0.15, 0.2) is 4.99 Å². The summed E-state index contributed by atoms with van der Waals surface area (Å²) >= 11 is 0. The fourth-order valence-electron chi connectivity index (χ4n) is 2.94. The third kappa shape index (κ3) is 6.22. The molecule has 2 aliphatic rings. The quantitative estimate of drug-likeness (QED) is 0.384. The number of aliphatic imine (C=N–C) groups is 1. The third-order valence-corrected chi connectivity index (χ3v) is 4.37. The molecule has 0 aromatic carbocycles. The fourth-order valence-corrected chi connectivity index (χ4v) is 2.94. The largest absolute Gasteiger partial charge is 0.382 e. The summed E-state index contributed by atoms with van der Waals surface area (Å²) in [6, 6.07) is 0.915. The van der Waals surface area contributed by atoms with Gasteiger partial charge in [0.25, 0.3) is 0 Å². The number of nitrogens with one attached hydrogen (secondary N) is 2. The summed E-state index contributed by atoms with van der Waals surface area (Å²) in [7, 11) is 1.85. The van der Waals surface area contributed by atoms with Crippen LogP contribution in [0.3, 0.4) is 0 Å². The lowest BCUT2D eigenvalue weighted by Gasteiger charge is -2.17. The Morgan fingerprint density at radius 1 is 1.24 bits per heavy atom. The van der Waals surface area contributed by atoms with Crippen molar-refractivity contribution in [3.8, 4) is 0 Å². The lowest BCUT2D eigenvalue weighted by Crippen LogP contribution is -2.40. The van der Waals surface area contributed by atoms with E-state index in [1.165, 1.54) is 32.4 Å². The van der Waals surface area contributed by atoms with Crippen molar-refractivity contribution in [3.63, 3.8) is 0 Å². The molecule has 1 heterocycles. The highest BCUT2D eigenvalue weighted by molar-refractivity contribution is 5.79. The molecule has 0 bridgehead atoms. The van der Waals surface area contributed by atoms with Gasteiger partial charge in [0.05, 0.1) is 0 Å². The predicted octanol–water partition coefficient (Wildman–Crippen LogP) is 1.45. The third-order valence-electron chi connectivity index (χ3n) is 4.37. The Labute approximate surface area is 129 Å². The molecule has 2 rings (SSSR count). The van der Waals surface area contributed by atoms with Crippen LogP contribution in [0.4, 0.5) is 0 Å². The molecule has 0 amide bonds. The molecular formula is C16H32N4O. The highest BCUT2D eigenvalue weighted by Gasteiger charge is 2.34. The van der Waals surface area contributed by atoms with Crippen LogP contribution in [0.5, 0.6) is 0 Å². The second-order valence-electron chi connectivity index (χ2n) is 6.16. The molecule has 1 atom stereocenters. The van der Waals surface area contributed by atoms with Gasteiger partial charge in [-0.3, -0.25) is 4.99 Å². The Morgan fingerprint density at radius 2 is 2.10 bits per heavy atom. The molecule has 5 nitrogen and oxygen atoms in total. The van der Waals surface area contributed by atoms with Crippen LogP contribution in [0.1, 0.15) is 39.0 Å². The van der Waals surface area contributed by atoms with Gasteiger partial charge in [0.2, 0.25) is 0 Å². The first-order valence-electron chi connectivity index (χ1n) is 8.59. The molecule has 2 N–H and O–H groups in total. The highest BCUT2D eigenvalue weighted by atomic mass is 16.5. The van der Waals surface area contributed by atoms with Crippen molar-refractivity contribution in [3.05, 3.63) is 0 Å². The Morgan fingerprint density at radius 3 is 2.81 bits per heavy atom. The second-order valence-corrected chi connectivity index (χ2v) is 6.16. The molecule has 1 aliphatic carbocycles. The van der Waals surface area contributed by atoms with E-state index in [0.29, 0.717) is 0 Å². The SMILES string of the molecule is CCOCCCCNC(=NC)NCC1CCN(C2CC2)C1. The van der Waals surface area contributed by atoms with Crippen LogP contribution in [0, 0.1) is 5.92 Å². The Hall–Kier alpha value is -0.810. The van der Waals surface area contributed by atoms with Gasteiger partial charge < -0.3 is 20.3 Å². The average Bonchev–Trinajstić information content (AvgIpc) is 3.25. The number of rotatable bonds is 9. The van der Waals surface area contributed by atoms with E-state index in [1.54, 1.807) is 0 Å². The lowest BCUT2D eigenvalue weighted by atomic mass is 10.1. The summed E-state index contributed by atoms with van der Waals surface area (Å²) in [4.78, 5) is 6.96. The minimum atomic E-state index is 0.780. The molecule has 2 fully saturated rings. The maximum absolute atomic E-state index is 5.34. The number of hydrogen-bond acceptors (Lipinski definition) is 3. The van der Waals surface area contributed by atoms with Crippen molar-refractivity contribution in [2.75, 3.05) is 46.4 Å². The van der Waals surface area contributed by atoms with E-state index >= 15 is 0 Å². The second kappa shape index (κ2) is 9.26. The van der Waals surface area contributed by atoms with E-state index in [2.05, 4.69) is 20.5 Å². The number of likely N-dealkylation sites (tertiary alicyclic amines) is 1. The number of ether oxygens (including phenoxy) is 1. The first-order valence-corrected chi connectivity index (χ1v) is 8.59. The normalized spacial score (nSPS) is 23.5. The highest BCUT2D eigenvalue weighted by Crippen LogP contribution is 2.31. The topological polar surface area (TPSA) is 48.9 Å². The lowest BCUT2D eigenvalue weighted by molar-refractivity contribution is 0.143. The molecule has 1 aliphatic heterocycles. The van der Waals surface area contributed by atoms with Crippen LogP contribution in [-0.4, -0.2) is 63.3 Å². The van der Waals surface area contributed by atoms with Crippen LogP contribution < -0.4 is 10.6 Å². The van der Waals surface area contributed by atoms with Gasteiger partial charge in [0, 0.05) is 45.9 Å². The van der Waals surface area contributed by atoms with E-state index in [-0.39, 0.29) is 0 Å². The number of hydrogen-bond donors (Lipinski definition) is 2. The summed E-state index contributed by atoms with van der Waals surface area (Å²) in [5.74, 6) is 1.72. The maximum atomic E-state index is 5.34. The van der Waals surface area contributed by atoms with Crippen LogP contribution in [0.25, 0.3) is 0 Å². The average molecular weight is 296 g/mol. The van der Waals surface area contributed by atoms with Crippen LogP contribution in [0.2, 0.25) is 0 Å². The maximum Gasteiger partial charge on any atom is 0.190 e. The van der Waals surface area contributed by atoms with Gasteiger partial charge in [0.1, 0.15) is 0 Å². The van der Waals surface area contributed by atoms with E-state index in [1.807, 2.05) is 14.0 Å². The van der Waals surface area contributed by atoms with E-state index in [0.717, 1.165) is 57.1 Å². The first kappa shape index (κ1) is 16.6. The number of nitrogens with zero attached hydrogens (tertiary/aromatic N) is 2. The minimum absolute atomic E-state index is 0.780. The van der Waals surface area contributed by atoms with E-state index in [4.69, 9.17) is 4.74 Å². The summed E-state index contributed by atoms with van der Waals surface area (Å²) < 4.78 is 5.34. The predicted molar refractivity (Wildman–Crippen MR) is 87.8 cm³/mol. The zero-order valence-electron chi connectivity index (χ0n) is 13.7. The molecule has 0 radical (unpaired) electrons. The zero-order valence-corrected chi connectivity index (χ0v) is 13.7. The molecule has 1 saturated carbocycles. The van der Waals surface area contributed by atoms with Gasteiger partial charge >= 0.3 is 0 Å². The van der Waals surface area contributed by atoms with Gasteiger partial charge in [-0.1, -0.05) is 0 Å². The van der Waals surface area contributed by atoms with Crippen molar-refractivity contribution in [2.24, 2.45) is 10.9 Å². The standard InChI is InChI=1S/C16H32N4O/c1-3-21-11-5-4-9-18-16(17-2)19-12-14-8-10-20(13-14)15-6-7-15/h14-15H,3-13H2,1-2H3,(H2,17,18,19). The van der Waals surface area contributed by atoms with E-state index < -0.39 is 0 Å². The van der Waals surface area contributed by atoms with Crippen molar-refractivity contribution in [1.29, 1.82) is 0 Å². The summed E-state index contributed by atoms with van der Waals surface area (Å²) in [6.45, 7) is 8.29. The molecule has 0 aromatic rings. The monoisotopic (exact) mass is 296 g/mol. The van der Waals surface area contributed by atoms with Gasteiger partial charge in [-0.15, -0.1) is 0 Å². The Bertz CT molecular complexity index is 317. The van der Waals surface area contributed by atoms with Gasteiger partial charge in [-0.05, 0) is 51.5 Å². The minimum Gasteiger partial charge on any atom is -0.382 e. The molecule has 122 valence electrons. The smallest absolute Gasteiger partial charge is 0.190 e. The molecule has 5 heteroatoms. The summed E-state index contributed by atoms with van der Waals surface area (Å²) in [5, 5.41) is 6.86. The number of guanidine groups is 1. The van der Waals surface area contributed by atoms with Gasteiger partial charge in [-0.2, -0.15) is 0 Å².